The Morgan fingerprint density at radius 3 is 2.75 bits per heavy atom. The van der Waals surface area contributed by atoms with Crippen molar-refractivity contribution in [3.8, 4) is 0 Å². The average Bonchev–Trinajstić information content (AvgIpc) is 2.08. The third kappa shape index (κ3) is 2.06. The predicted octanol–water partition coefficient (Wildman–Crippen LogP) is 1.78. The number of aliphatic hydroxyl groups excluding tert-OH is 2. The number of rotatable bonds is 2. The largest absolute Gasteiger partial charge is 0.393 e. The molecule has 0 aromatic heterocycles. The molecule has 1 aromatic rings. The van der Waals surface area contributed by atoms with E-state index in [1.54, 1.807) is 0 Å². The first kappa shape index (κ1) is 9.71. The van der Waals surface area contributed by atoms with E-state index < -0.39 is 6.10 Å². The van der Waals surface area contributed by atoms with E-state index in [1.165, 1.54) is 0 Å². The first-order chi connectivity index (χ1) is 5.65. The van der Waals surface area contributed by atoms with Gasteiger partial charge in [0.15, 0.2) is 0 Å². The van der Waals surface area contributed by atoms with Gasteiger partial charge in [-0.05, 0) is 30.2 Å². The van der Waals surface area contributed by atoms with Gasteiger partial charge < -0.3 is 10.2 Å². The van der Waals surface area contributed by atoms with Gasteiger partial charge in [-0.3, -0.25) is 0 Å². The maximum Gasteiger partial charge on any atom is 0.102 e. The van der Waals surface area contributed by atoms with Gasteiger partial charge in [-0.25, -0.2) is 0 Å². The molecule has 0 fully saturated rings. The minimum Gasteiger partial charge on any atom is -0.393 e. The fourth-order valence-electron chi connectivity index (χ4n) is 1.07. The Bertz CT molecular complexity index is 273. The van der Waals surface area contributed by atoms with Crippen LogP contribution in [0.5, 0.6) is 0 Å². The summed E-state index contributed by atoms with van der Waals surface area (Å²) in [6.45, 7) is 1.66. The van der Waals surface area contributed by atoms with Crippen LogP contribution in [0.2, 0.25) is 0 Å². The lowest BCUT2D eigenvalue weighted by Crippen LogP contribution is -2.04. The van der Waals surface area contributed by atoms with Gasteiger partial charge in [0.05, 0.1) is 6.61 Å². The maximum atomic E-state index is 9.36. The highest BCUT2D eigenvalue weighted by Gasteiger charge is 2.08. The van der Waals surface area contributed by atoms with Crippen molar-refractivity contribution in [2.24, 2.45) is 0 Å². The van der Waals surface area contributed by atoms with Crippen molar-refractivity contribution in [3.05, 3.63) is 33.8 Å². The number of halogens is 1. The summed E-state index contributed by atoms with van der Waals surface area (Å²) in [6.07, 6.45) is -0.775. The van der Waals surface area contributed by atoms with Crippen LogP contribution in [0.15, 0.2) is 22.7 Å². The Balaban J connectivity index is 3.04. The summed E-state index contributed by atoms with van der Waals surface area (Å²) >= 11 is 3.30. The van der Waals surface area contributed by atoms with Gasteiger partial charge in [-0.1, -0.05) is 22.0 Å². The van der Waals surface area contributed by atoms with Crippen LogP contribution >= 0.6 is 15.9 Å². The SMILES string of the molecule is Cc1ccc(Br)cc1C(O)CO. The molecule has 66 valence electrons. The first-order valence-electron chi connectivity index (χ1n) is 3.70. The molecule has 0 amide bonds. The highest BCUT2D eigenvalue weighted by molar-refractivity contribution is 9.10. The molecule has 0 heterocycles. The van der Waals surface area contributed by atoms with Gasteiger partial charge >= 0.3 is 0 Å². The van der Waals surface area contributed by atoms with Crippen molar-refractivity contribution >= 4 is 15.9 Å². The molecule has 2 N–H and O–H groups in total. The Morgan fingerprint density at radius 2 is 2.17 bits per heavy atom. The fraction of sp³-hybridized carbons (Fsp3) is 0.333. The second-order valence-corrected chi connectivity index (χ2v) is 3.61. The molecule has 0 spiro atoms. The van der Waals surface area contributed by atoms with Crippen LogP contribution in [0.1, 0.15) is 17.2 Å². The van der Waals surface area contributed by atoms with Crippen LogP contribution < -0.4 is 0 Å². The molecule has 1 unspecified atom stereocenters. The van der Waals surface area contributed by atoms with Gasteiger partial charge in [-0.2, -0.15) is 0 Å². The molecule has 0 bridgehead atoms. The molecule has 1 rings (SSSR count). The van der Waals surface area contributed by atoms with Crippen molar-refractivity contribution in [1.29, 1.82) is 0 Å². The lowest BCUT2D eigenvalue weighted by molar-refractivity contribution is 0.0951. The van der Waals surface area contributed by atoms with Crippen LogP contribution in [0.25, 0.3) is 0 Å². The van der Waals surface area contributed by atoms with E-state index in [2.05, 4.69) is 15.9 Å². The summed E-state index contributed by atoms with van der Waals surface area (Å²) in [7, 11) is 0. The molecule has 0 radical (unpaired) electrons. The van der Waals surface area contributed by atoms with Crippen molar-refractivity contribution in [1.82, 2.24) is 0 Å². The van der Waals surface area contributed by atoms with Crippen LogP contribution in [0.4, 0.5) is 0 Å². The van der Waals surface area contributed by atoms with Crippen LogP contribution in [0, 0.1) is 6.92 Å². The lowest BCUT2D eigenvalue weighted by Gasteiger charge is -2.10. The Labute approximate surface area is 80.0 Å². The summed E-state index contributed by atoms with van der Waals surface area (Å²) in [5.74, 6) is 0. The second kappa shape index (κ2) is 4.03. The predicted molar refractivity (Wildman–Crippen MR) is 50.9 cm³/mol. The normalized spacial score (nSPS) is 13.0. The number of hydrogen-bond donors (Lipinski definition) is 2. The molecule has 0 aliphatic heterocycles. The van der Waals surface area contributed by atoms with E-state index >= 15 is 0 Å². The molecule has 12 heavy (non-hydrogen) atoms. The van der Waals surface area contributed by atoms with Crippen LogP contribution in [-0.2, 0) is 0 Å². The fourth-order valence-corrected chi connectivity index (χ4v) is 1.45. The molecule has 2 nitrogen and oxygen atoms in total. The number of hydrogen-bond acceptors (Lipinski definition) is 2. The van der Waals surface area contributed by atoms with E-state index in [4.69, 9.17) is 5.11 Å². The third-order valence-corrected chi connectivity index (χ3v) is 2.27. The monoisotopic (exact) mass is 230 g/mol. The van der Waals surface area contributed by atoms with Gasteiger partial charge in [-0.15, -0.1) is 0 Å². The molecule has 0 saturated carbocycles. The highest BCUT2D eigenvalue weighted by Crippen LogP contribution is 2.21. The Hall–Kier alpha value is -0.380. The first-order valence-corrected chi connectivity index (χ1v) is 4.49. The van der Waals surface area contributed by atoms with Gasteiger partial charge in [0, 0.05) is 4.47 Å². The standard InChI is InChI=1S/C9H11BrO2/c1-6-2-3-7(10)4-8(6)9(12)5-11/h2-4,9,11-12H,5H2,1H3. The van der Waals surface area contributed by atoms with Crippen LogP contribution in [0.3, 0.4) is 0 Å². The summed E-state index contributed by atoms with van der Waals surface area (Å²) in [5.41, 5.74) is 1.76. The van der Waals surface area contributed by atoms with Crippen molar-refractivity contribution < 1.29 is 10.2 Å². The van der Waals surface area contributed by atoms with E-state index in [-0.39, 0.29) is 6.61 Å². The number of benzene rings is 1. The smallest absolute Gasteiger partial charge is 0.102 e. The van der Waals surface area contributed by atoms with Crippen molar-refractivity contribution in [2.75, 3.05) is 6.61 Å². The van der Waals surface area contributed by atoms with Gasteiger partial charge in [0.2, 0.25) is 0 Å². The molecule has 1 atom stereocenters. The molecule has 0 aliphatic carbocycles. The van der Waals surface area contributed by atoms with E-state index in [0.717, 1.165) is 15.6 Å². The van der Waals surface area contributed by atoms with Crippen molar-refractivity contribution in [3.63, 3.8) is 0 Å². The molecular formula is C9H11BrO2. The zero-order valence-electron chi connectivity index (χ0n) is 6.79. The summed E-state index contributed by atoms with van der Waals surface area (Å²) in [4.78, 5) is 0. The summed E-state index contributed by atoms with van der Waals surface area (Å²) in [6, 6.07) is 5.62. The Kier molecular flexibility index (Phi) is 3.26. The lowest BCUT2D eigenvalue weighted by atomic mass is 10.0. The van der Waals surface area contributed by atoms with Crippen molar-refractivity contribution in [2.45, 2.75) is 13.0 Å². The Morgan fingerprint density at radius 1 is 1.50 bits per heavy atom. The second-order valence-electron chi connectivity index (χ2n) is 2.70. The zero-order valence-corrected chi connectivity index (χ0v) is 8.37. The van der Waals surface area contributed by atoms with E-state index in [1.807, 2.05) is 25.1 Å². The topological polar surface area (TPSA) is 40.5 Å². The third-order valence-electron chi connectivity index (χ3n) is 1.77. The minimum atomic E-state index is -0.775. The van der Waals surface area contributed by atoms with E-state index in [9.17, 15) is 5.11 Å². The average molecular weight is 231 g/mol. The van der Waals surface area contributed by atoms with Gasteiger partial charge in [0.1, 0.15) is 6.10 Å². The van der Waals surface area contributed by atoms with Gasteiger partial charge in [0.25, 0.3) is 0 Å². The quantitative estimate of drug-likeness (QED) is 0.814. The highest BCUT2D eigenvalue weighted by atomic mass is 79.9. The molecule has 0 saturated heterocycles. The molecule has 1 aromatic carbocycles. The summed E-state index contributed by atoms with van der Waals surface area (Å²) in [5, 5.41) is 18.1. The summed E-state index contributed by atoms with van der Waals surface area (Å²) < 4.78 is 0.913. The number of aryl methyl sites for hydroxylation is 1. The minimum absolute atomic E-state index is 0.239. The maximum absolute atomic E-state index is 9.36. The number of aliphatic hydroxyl groups is 2. The van der Waals surface area contributed by atoms with E-state index in [0.29, 0.717) is 0 Å². The molecule has 3 heteroatoms. The van der Waals surface area contributed by atoms with Crippen LogP contribution in [-0.4, -0.2) is 16.8 Å². The zero-order chi connectivity index (χ0) is 9.14. The molecule has 0 aliphatic rings. The molecular weight excluding hydrogens is 220 g/mol.